The number of nitrogens with one attached hydrogen (secondary N) is 1. The standard InChI is InChI=1S/C14H18N2/c1-10-5-6-11(13-7-8-15-16-13)9-12(10)14(2,3)4/h5-9H,1-4H3,(H,15,16). The Bertz CT molecular complexity index is 476. The molecule has 0 saturated carbocycles. The number of rotatable bonds is 1. The average molecular weight is 214 g/mol. The molecule has 0 aliphatic carbocycles. The van der Waals surface area contributed by atoms with Crippen LogP contribution < -0.4 is 0 Å². The van der Waals surface area contributed by atoms with Gasteiger partial charge in [-0.3, -0.25) is 5.10 Å². The Balaban J connectivity index is 2.52. The smallest absolute Gasteiger partial charge is 0.0920 e. The fourth-order valence-electron chi connectivity index (χ4n) is 2.01. The lowest BCUT2D eigenvalue weighted by molar-refractivity contribution is 0.586. The summed E-state index contributed by atoms with van der Waals surface area (Å²) in [5.74, 6) is 0. The largest absolute Gasteiger partial charge is 0.285 e. The molecule has 0 saturated heterocycles. The maximum Gasteiger partial charge on any atom is 0.0920 e. The van der Waals surface area contributed by atoms with Gasteiger partial charge < -0.3 is 0 Å². The van der Waals surface area contributed by atoms with Crippen LogP contribution in [0.15, 0.2) is 30.5 Å². The topological polar surface area (TPSA) is 28.7 Å². The maximum absolute atomic E-state index is 4.21. The molecule has 2 nitrogen and oxygen atoms in total. The normalized spacial score (nSPS) is 11.8. The molecule has 0 fully saturated rings. The summed E-state index contributed by atoms with van der Waals surface area (Å²) in [5, 5.41) is 7.07. The van der Waals surface area contributed by atoms with Crippen molar-refractivity contribution in [2.45, 2.75) is 33.1 Å². The number of aryl methyl sites for hydroxylation is 1. The zero-order chi connectivity index (χ0) is 11.8. The van der Waals surface area contributed by atoms with Crippen LogP contribution in [0.4, 0.5) is 0 Å². The minimum absolute atomic E-state index is 0.177. The summed E-state index contributed by atoms with van der Waals surface area (Å²) in [6.07, 6.45) is 1.85. The van der Waals surface area contributed by atoms with E-state index in [9.17, 15) is 0 Å². The number of hydrogen-bond acceptors (Lipinski definition) is 1. The van der Waals surface area contributed by atoms with Crippen molar-refractivity contribution in [1.29, 1.82) is 0 Å². The Kier molecular flexibility index (Phi) is 2.58. The fourth-order valence-corrected chi connectivity index (χ4v) is 2.01. The second kappa shape index (κ2) is 3.78. The van der Waals surface area contributed by atoms with Crippen molar-refractivity contribution in [3.8, 4) is 11.3 Å². The first-order valence-corrected chi connectivity index (χ1v) is 5.60. The van der Waals surface area contributed by atoms with E-state index in [1.807, 2.05) is 12.3 Å². The van der Waals surface area contributed by atoms with E-state index in [4.69, 9.17) is 0 Å². The minimum atomic E-state index is 0.177. The predicted octanol–water partition coefficient (Wildman–Crippen LogP) is 3.68. The number of benzene rings is 1. The molecule has 1 aromatic carbocycles. The van der Waals surface area contributed by atoms with Crippen LogP contribution in [0.2, 0.25) is 0 Å². The van der Waals surface area contributed by atoms with Gasteiger partial charge in [0.05, 0.1) is 5.69 Å². The van der Waals surface area contributed by atoms with Gasteiger partial charge in [0, 0.05) is 11.8 Å². The van der Waals surface area contributed by atoms with Crippen molar-refractivity contribution in [3.63, 3.8) is 0 Å². The van der Waals surface area contributed by atoms with E-state index in [-0.39, 0.29) is 5.41 Å². The van der Waals surface area contributed by atoms with Crippen molar-refractivity contribution < 1.29 is 0 Å². The van der Waals surface area contributed by atoms with Crippen molar-refractivity contribution in [2.24, 2.45) is 0 Å². The van der Waals surface area contributed by atoms with Crippen molar-refractivity contribution >= 4 is 0 Å². The summed E-state index contributed by atoms with van der Waals surface area (Å²) in [7, 11) is 0. The van der Waals surface area contributed by atoms with Crippen LogP contribution in [0, 0.1) is 6.92 Å². The first kappa shape index (κ1) is 10.9. The molecule has 0 atom stereocenters. The molecule has 0 spiro atoms. The lowest BCUT2D eigenvalue weighted by Crippen LogP contribution is -2.13. The first-order chi connectivity index (χ1) is 7.48. The number of aromatic amines is 1. The molecule has 0 aliphatic heterocycles. The fraction of sp³-hybridized carbons (Fsp3) is 0.357. The molecule has 1 aromatic heterocycles. The summed E-state index contributed by atoms with van der Waals surface area (Å²) < 4.78 is 0. The lowest BCUT2D eigenvalue weighted by Gasteiger charge is -2.22. The molecule has 1 N–H and O–H groups in total. The molecule has 2 heteroatoms. The van der Waals surface area contributed by atoms with E-state index in [2.05, 4.69) is 56.1 Å². The number of hydrogen-bond donors (Lipinski definition) is 1. The van der Waals surface area contributed by atoms with Gasteiger partial charge in [-0.15, -0.1) is 0 Å². The number of aromatic nitrogens is 2. The van der Waals surface area contributed by atoms with E-state index in [0.29, 0.717) is 0 Å². The molecule has 0 aliphatic rings. The molecule has 1 heterocycles. The van der Waals surface area contributed by atoms with Gasteiger partial charge in [-0.2, -0.15) is 5.10 Å². The molecular formula is C14H18N2. The molecule has 0 amide bonds. The summed E-state index contributed by atoms with van der Waals surface area (Å²) in [6.45, 7) is 8.88. The molecule has 2 rings (SSSR count). The SMILES string of the molecule is Cc1ccc(-c2cc[nH]n2)cc1C(C)(C)C. The monoisotopic (exact) mass is 214 g/mol. The first-order valence-electron chi connectivity index (χ1n) is 5.60. The number of H-pyrrole nitrogens is 1. The molecule has 0 unspecified atom stereocenters. The maximum atomic E-state index is 4.21. The van der Waals surface area contributed by atoms with Gasteiger partial charge in [0.1, 0.15) is 0 Å². The van der Waals surface area contributed by atoms with E-state index in [1.165, 1.54) is 16.7 Å². The highest BCUT2D eigenvalue weighted by molar-refractivity contribution is 5.61. The highest BCUT2D eigenvalue weighted by Crippen LogP contribution is 2.29. The van der Waals surface area contributed by atoms with Gasteiger partial charge in [0.25, 0.3) is 0 Å². The van der Waals surface area contributed by atoms with Crippen LogP contribution >= 0.6 is 0 Å². The Hall–Kier alpha value is -1.57. The van der Waals surface area contributed by atoms with Crippen LogP contribution in [-0.2, 0) is 5.41 Å². The Morgan fingerprint density at radius 1 is 1.12 bits per heavy atom. The van der Waals surface area contributed by atoms with Crippen molar-refractivity contribution in [3.05, 3.63) is 41.6 Å². The molecule has 16 heavy (non-hydrogen) atoms. The molecule has 84 valence electrons. The van der Waals surface area contributed by atoms with Crippen LogP contribution in [0.5, 0.6) is 0 Å². The lowest BCUT2D eigenvalue weighted by atomic mass is 9.83. The van der Waals surface area contributed by atoms with Gasteiger partial charge in [-0.05, 0) is 35.6 Å². The minimum Gasteiger partial charge on any atom is -0.285 e. The van der Waals surface area contributed by atoms with Crippen LogP contribution in [0.3, 0.4) is 0 Å². The highest BCUT2D eigenvalue weighted by Gasteiger charge is 2.17. The van der Waals surface area contributed by atoms with E-state index in [1.54, 1.807) is 0 Å². The van der Waals surface area contributed by atoms with Gasteiger partial charge in [0.15, 0.2) is 0 Å². The van der Waals surface area contributed by atoms with E-state index < -0.39 is 0 Å². The summed E-state index contributed by atoms with van der Waals surface area (Å²) in [4.78, 5) is 0. The quantitative estimate of drug-likeness (QED) is 0.770. The predicted molar refractivity (Wildman–Crippen MR) is 67.5 cm³/mol. The second-order valence-electron chi connectivity index (χ2n) is 5.24. The summed E-state index contributed by atoms with van der Waals surface area (Å²) in [6, 6.07) is 8.54. The van der Waals surface area contributed by atoms with E-state index >= 15 is 0 Å². The van der Waals surface area contributed by atoms with Crippen LogP contribution in [0.1, 0.15) is 31.9 Å². The van der Waals surface area contributed by atoms with Crippen LogP contribution in [0.25, 0.3) is 11.3 Å². The molecule has 0 radical (unpaired) electrons. The third-order valence-corrected chi connectivity index (χ3v) is 2.84. The van der Waals surface area contributed by atoms with Gasteiger partial charge >= 0.3 is 0 Å². The van der Waals surface area contributed by atoms with Crippen molar-refractivity contribution in [2.75, 3.05) is 0 Å². The zero-order valence-electron chi connectivity index (χ0n) is 10.3. The Morgan fingerprint density at radius 2 is 1.88 bits per heavy atom. The summed E-state index contributed by atoms with van der Waals surface area (Å²) in [5.41, 5.74) is 5.08. The third kappa shape index (κ3) is 2.01. The van der Waals surface area contributed by atoms with Crippen LogP contribution in [-0.4, -0.2) is 10.2 Å². The van der Waals surface area contributed by atoms with Gasteiger partial charge in [0.2, 0.25) is 0 Å². The third-order valence-electron chi connectivity index (χ3n) is 2.84. The van der Waals surface area contributed by atoms with Crippen molar-refractivity contribution in [1.82, 2.24) is 10.2 Å². The Labute approximate surface area is 96.7 Å². The second-order valence-corrected chi connectivity index (χ2v) is 5.24. The molecule has 0 bridgehead atoms. The number of nitrogens with zero attached hydrogens (tertiary/aromatic N) is 1. The average Bonchev–Trinajstić information content (AvgIpc) is 2.69. The zero-order valence-corrected chi connectivity index (χ0v) is 10.3. The summed E-state index contributed by atoms with van der Waals surface area (Å²) >= 11 is 0. The van der Waals surface area contributed by atoms with Gasteiger partial charge in [-0.25, -0.2) is 0 Å². The van der Waals surface area contributed by atoms with Gasteiger partial charge in [-0.1, -0.05) is 32.9 Å². The Morgan fingerprint density at radius 3 is 2.44 bits per heavy atom. The highest BCUT2D eigenvalue weighted by atomic mass is 15.1. The van der Waals surface area contributed by atoms with E-state index in [0.717, 1.165) is 5.69 Å². The molecular weight excluding hydrogens is 196 g/mol. The molecule has 2 aromatic rings.